The number of hydrogen-bond donors (Lipinski definition) is 3. The molecule has 4 nitrogen and oxygen atoms in total. The van der Waals surface area contributed by atoms with Gasteiger partial charge in [0.2, 0.25) is 0 Å². The molecular formula is C5H12BNO3. The SMILES string of the molecule is CB(O)N1C[C@@H](O)[C@@H](O)C1. The minimum atomic E-state index is -0.699. The van der Waals surface area contributed by atoms with Crippen molar-refractivity contribution in [2.75, 3.05) is 13.1 Å². The Labute approximate surface area is 60.2 Å². The van der Waals surface area contributed by atoms with Crippen LogP contribution >= 0.6 is 0 Å². The molecule has 0 radical (unpaired) electrons. The summed E-state index contributed by atoms with van der Waals surface area (Å²) in [7, 11) is -0.577. The van der Waals surface area contributed by atoms with Crippen molar-refractivity contribution in [1.29, 1.82) is 0 Å². The van der Waals surface area contributed by atoms with E-state index in [9.17, 15) is 0 Å². The third-order valence-electron chi connectivity index (χ3n) is 1.82. The fourth-order valence-electron chi connectivity index (χ4n) is 1.10. The van der Waals surface area contributed by atoms with Crippen LogP contribution in [0.25, 0.3) is 0 Å². The normalized spacial score (nSPS) is 34.8. The Bertz CT molecular complexity index is 111. The maximum absolute atomic E-state index is 9.01. The smallest absolute Gasteiger partial charge is 0.376 e. The van der Waals surface area contributed by atoms with Gasteiger partial charge in [-0.15, -0.1) is 0 Å². The number of aliphatic hydroxyl groups is 2. The van der Waals surface area contributed by atoms with E-state index in [0.717, 1.165) is 0 Å². The highest BCUT2D eigenvalue weighted by atomic mass is 16.3. The highest BCUT2D eigenvalue weighted by molar-refractivity contribution is 6.45. The molecule has 3 N–H and O–H groups in total. The van der Waals surface area contributed by atoms with Crippen molar-refractivity contribution in [1.82, 2.24) is 4.81 Å². The molecule has 0 aromatic heterocycles. The quantitative estimate of drug-likeness (QED) is 0.378. The van der Waals surface area contributed by atoms with Gasteiger partial charge in [0.15, 0.2) is 0 Å². The van der Waals surface area contributed by atoms with Crippen molar-refractivity contribution in [3.05, 3.63) is 0 Å². The van der Waals surface area contributed by atoms with Crippen molar-refractivity contribution in [2.24, 2.45) is 0 Å². The summed E-state index contributed by atoms with van der Waals surface area (Å²) in [4.78, 5) is 1.62. The van der Waals surface area contributed by atoms with Gasteiger partial charge in [0, 0.05) is 13.1 Å². The van der Waals surface area contributed by atoms with Crippen LogP contribution in [0.15, 0.2) is 0 Å². The van der Waals surface area contributed by atoms with Crippen LogP contribution in [-0.2, 0) is 0 Å². The summed E-state index contributed by atoms with van der Waals surface area (Å²) in [5, 5.41) is 27.0. The molecule has 1 aliphatic rings. The Morgan fingerprint density at radius 2 is 1.70 bits per heavy atom. The highest BCUT2D eigenvalue weighted by Gasteiger charge is 2.32. The minimum absolute atomic E-state index is 0.360. The summed E-state index contributed by atoms with van der Waals surface area (Å²) in [6.07, 6.45) is -1.40. The van der Waals surface area contributed by atoms with Gasteiger partial charge in [0.1, 0.15) is 0 Å². The van der Waals surface area contributed by atoms with E-state index >= 15 is 0 Å². The maximum Gasteiger partial charge on any atom is 0.376 e. The topological polar surface area (TPSA) is 63.9 Å². The predicted molar refractivity (Wildman–Crippen MR) is 37.4 cm³/mol. The molecule has 0 aromatic carbocycles. The van der Waals surface area contributed by atoms with E-state index in [0.29, 0.717) is 13.1 Å². The molecule has 0 saturated carbocycles. The molecule has 2 atom stereocenters. The molecule has 58 valence electrons. The largest absolute Gasteiger partial charge is 0.437 e. The first-order valence-corrected chi connectivity index (χ1v) is 3.39. The third-order valence-corrected chi connectivity index (χ3v) is 1.82. The number of nitrogens with zero attached hydrogens (tertiary/aromatic N) is 1. The molecule has 0 aromatic rings. The fraction of sp³-hybridized carbons (Fsp3) is 1.00. The molecule has 1 aliphatic heterocycles. The van der Waals surface area contributed by atoms with Gasteiger partial charge in [-0.05, 0) is 6.82 Å². The van der Waals surface area contributed by atoms with Crippen LogP contribution in [0.1, 0.15) is 0 Å². The first-order valence-electron chi connectivity index (χ1n) is 3.39. The summed E-state index contributed by atoms with van der Waals surface area (Å²) in [6, 6.07) is 0. The second-order valence-corrected chi connectivity index (χ2v) is 2.72. The lowest BCUT2D eigenvalue weighted by atomic mass is 9.86. The van der Waals surface area contributed by atoms with Crippen LogP contribution in [0.2, 0.25) is 6.82 Å². The Hall–Kier alpha value is -0.0951. The average Bonchev–Trinajstić information content (AvgIpc) is 2.13. The van der Waals surface area contributed by atoms with Crippen molar-refractivity contribution in [3.8, 4) is 0 Å². The van der Waals surface area contributed by atoms with E-state index < -0.39 is 19.3 Å². The number of rotatable bonds is 1. The molecule has 0 spiro atoms. The van der Waals surface area contributed by atoms with Crippen molar-refractivity contribution >= 4 is 7.05 Å². The van der Waals surface area contributed by atoms with Gasteiger partial charge in [-0.1, -0.05) is 0 Å². The molecule has 0 aliphatic carbocycles. The Morgan fingerprint density at radius 3 is 1.90 bits per heavy atom. The predicted octanol–water partition coefficient (Wildman–Crippen LogP) is -1.87. The Morgan fingerprint density at radius 1 is 1.30 bits per heavy atom. The Balaban J connectivity index is 2.41. The van der Waals surface area contributed by atoms with E-state index in [-0.39, 0.29) is 0 Å². The van der Waals surface area contributed by atoms with Gasteiger partial charge in [0.25, 0.3) is 0 Å². The highest BCUT2D eigenvalue weighted by Crippen LogP contribution is 2.09. The Kier molecular flexibility index (Phi) is 2.30. The van der Waals surface area contributed by atoms with Crippen molar-refractivity contribution < 1.29 is 15.2 Å². The summed E-state index contributed by atoms with van der Waals surface area (Å²) < 4.78 is 0. The monoisotopic (exact) mass is 145 g/mol. The van der Waals surface area contributed by atoms with Crippen LogP contribution in [-0.4, -0.2) is 52.4 Å². The van der Waals surface area contributed by atoms with Gasteiger partial charge in [-0.25, -0.2) is 0 Å². The molecule has 0 unspecified atom stereocenters. The molecule has 1 saturated heterocycles. The molecular weight excluding hydrogens is 133 g/mol. The van der Waals surface area contributed by atoms with Crippen LogP contribution in [0.5, 0.6) is 0 Å². The van der Waals surface area contributed by atoms with Gasteiger partial charge in [0.05, 0.1) is 12.2 Å². The minimum Gasteiger partial charge on any atom is -0.437 e. The summed E-state index contributed by atoms with van der Waals surface area (Å²) in [5.74, 6) is 0. The standard InChI is InChI=1S/C5H12BNO3/c1-6(10)7-2-4(8)5(9)3-7/h4-5,8-10H,2-3H2,1H3/t4-,5+. The molecule has 1 heterocycles. The van der Waals surface area contributed by atoms with Crippen LogP contribution in [0.4, 0.5) is 0 Å². The molecule has 0 amide bonds. The van der Waals surface area contributed by atoms with E-state index in [1.165, 1.54) is 0 Å². The van der Waals surface area contributed by atoms with Gasteiger partial charge >= 0.3 is 7.05 Å². The van der Waals surface area contributed by atoms with E-state index in [2.05, 4.69) is 0 Å². The van der Waals surface area contributed by atoms with Crippen LogP contribution < -0.4 is 0 Å². The zero-order valence-electron chi connectivity index (χ0n) is 5.94. The number of β-amino-alcohol motifs (C(OH)–C–C–N with tert-alkyl or cyclic N) is 2. The molecule has 0 bridgehead atoms. The maximum atomic E-state index is 9.01. The zero-order chi connectivity index (χ0) is 7.72. The first-order chi connectivity index (χ1) is 4.61. The van der Waals surface area contributed by atoms with E-state index in [4.69, 9.17) is 15.2 Å². The summed E-state index contributed by atoms with van der Waals surface area (Å²) >= 11 is 0. The lowest BCUT2D eigenvalue weighted by Gasteiger charge is -2.13. The molecule has 1 rings (SSSR count). The molecule has 5 heteroatoms. The van der Waals surface area contributed by atoms with Gasteiger partial charge in [-0.2, -0.15) is 0 Å². The van der Waals surface area contributed by atoms with Crippen LogP contribution in [0.3, 0.4) is 0 Å². The molecule has 1 fully saturated rings. The van der Waals surface area contributed by atoms with E-state index in [1.807, 2.05) is 0 Å². The lowest BCUT2D eigenvalue weighted by Crippen LogP contribution is -2.35. The zero-order valence-corrected chi connectivity index (χ0v) is 5.94. The van der Waals surface area contributed by atoms with E-state index in [1.54, 1.807) is 11.6 Å². The second-order valence-electron chi connectivity index (χ2n) is 2.72. The van der Waals surface area contributed by atoms with Crippen molar-refractivity contribution in [2.45, 2.75) is 19.0 Å². The third kappa shape index (κ3) is 1.49. The molecule has 10 heavy (non-hydrogen) atoms. The number of hydrogen-bond acceptors (Lipinski definition) is 4. The van der Waals surface area contributed by atoms with Gasteiger partial charge < -0.3 is 20.0 Å². The van der Waals surface area contributed by atoms with Crippen LogP contribution in [0, 0.1) is 0 Å². The number of aliphatic hydroxyl groups excluding tert-OH is 2. The second kappa shape index (κ2) is 2.88. The average molecular weight is 145 g/mol. The fourth-order valence-corrected chi connectivity index (χ4v) is 1.10. The summed E-state index contributed by atoms with van der Waals surface area (Å²) in [5.41, 5.74) is 0. The van der Waals surface area contributed by atoms with Gasteiger partial charge in [-0.3, -0.25) is 0 Å². The summed E-state index contributed by atoms with van der Waals surface area (Å²) in [6.45, 7) is 2.34. The lowest BCUT2D eigenvalue weighted by molar-refractivity contribution is 0.0572. The van der Waals surface area contributed by atoms with Crippen molar-refractivity contribution in [3.63, 3.8) is 0 Å². The first kappa shape index (κ1) is 8.01.